The van der Waals surface area contributed by atoms with Crippen LogP contribution < -0.4 is 0 Å². The molecule has 0 N–H and O–H groups in total. The predicted molar refractivity (Wildman–Crippen MR) is 114 cm³/mol. The first kappa shape index (κ1) is 19.4. The lowest BCUT2D eigenvalue weighted by Crippen LogP contribution is -2.39. The average molecular weight is 392 g/mol. The van der Waals surface area contributed by atoms with E-state index in [1.165, 1.54) is 5.69 Å². The van der Waals surface area contributed by atoms with Crippen LogP contribution in [0, 0.1) is 19.8 Å². The zero-order valence-corrected chi connectivity index (χ0v) is 17.5. The lowest BCUT2D eigenvalue weighted by Gasteiger charge is -2.32. The van der Waals surface area contributed by atoms with Gasteiger partial charge in [-0.1, -0.05) is 30.3 Å². The number of hydrogen-bond acceptors (Lipinski definition) is 3. The number of aryl methyl sites for hydroxylation is 3. The zero-order valence-electron chi connectivity index (χ0n) is 17.5. The summed E-state index contributed by atoms with van der Waals surface area (Å²) in [5, 5.41) is 4.30. The van der Waals surface area contributed by atoms with E-state index in [1.54, 1.807) is 4.68 Å². The topological polar surface area (TPSA) is 56.0 Å². The Labute approximate surface area is 172 Å². The average Bonchev–Trinajstić information content (AvgIpc) is 3.28. The summed E-state index contributed by atoms with van der Waals surface area (Å²) in [7, 11) is 1.84. The van der Waals surface area contributed by atoms with E-state index in [4.69, 9.17) is 0 Å². The Morgan fingerprint density at radius 2 is 1.86 bits per heavy atom. The number of nitrogens with zero attached hydrogens (tertiary/aromatic N) is 5. The van der Waals surface area contributed by atoms with Gasteiger partial charge in [-0.3, -0.25) is 9.48 Å². The highest BCUT2D eigenvalue weighted by atomic mass is 16.2. The number of likely N-dealkylation sites (tertiary alicyclic amines) is 1. The van der Waals surface area contributed by atoms with Gasteiger partial charge in [0.2, 0.25) is 0 Å². The summed E-state index contributed by atoms with van der Waals surface area (Å²) in [5.74, 6) is 1.78. The van der Waals surface area contributed by atoms with Gasteiger partial charge in [0, 0.05) is 44.1 Å². The number of aromatic nitrogens is 4. The van der Waals surface area contributed by atoms with E-state index in [9.17, 15) is 4.79 Å². The Kier molecular flexibility index (Phi) is 5.51. The Bertz CT molecular complexity index is 980. The van der Waals surface area contributed by atoms with Gasteiger partial charge in [-0.05, 0) is 45.1 Å². The molecule has 0 atom stereocenters. The van der Waals surface area contributed by atoms with Gasteiger partial charge in [-0.25, -0.2) is 4.98 Å². The molecule has 6 nitrogen and oxygen atoms in total. The van der Waals surface area contributed by atoms with Gasteiger partial charge in [-0.2, -0.15) is 5.10 Å². The molecular weight excluding hydrogens is 362 g/mol. The van der Waals surface area contributed by atoms with Crippen LogP contribution in [0.2, 0.25) is 0 Å². The third-order valence-electron chi connectivity index (χ3n) is 5.97. The maximum atomic E-state index is 12.8. The van der Waals surface area contributed by atoms with Crippen molar-refractivity contribution in [3.05, 3.63) is 59.7 Å². The number of carbonyl (C=O) groups is 1. The molecule has 6 heteroatoms. The third kappa shape index (κ3) is 4.11. The molecule has 2 aromatic heterocycles. The fourth-order valence-electron chi connectivity index (χ4n) is 4.27. The lowest BCUT2D eigenvalue weighted by atomic mass is 9.93. The fraction of sp³-hybridized carbons (Fsp3) is 0.435. The molecular formula is C23H29N5O. The van der Waals surface area contributed by atoms with Gasteiger partial charge in [-0.15, -0.1) is 0 Å². The molecule has 1 aliphatic heterocycles. The van der Waals surface area contributed by atoms with Crippen LogP contribution in [0.4, 0.5) is 0 Å². The largest absolute Gasteiger partial charge is 0.337 e. The molecule has 0 bridgehead atoms. The van der Waals surface area contributed by atoms with Gasteiger partial charge in [0.1, 0.15) is 11.5 Å². The second-order valence-electron chi connectivity index (χ2n) is 8.06. The lowest BCUT2D eigenvalue weighted by molar-refractivity contribution is 0.0674. The Morgan fingerprint density at radius 3 is 2.52 bits per heavy atom. The number of hydrogen-bond donors (Lipinski definition) is 0. The molecule has 0 aliphatic carbocycles. The van der Waals surface area contributed by atoms with Gasteiger partial charge in [0.25, 0.3) is 5.91 Å². The number of piperidine rings is 1. The van der Waals surface area contributed by atoms with Crippen LogP contribution in [0.5, 0.6) is 0 Å². The van der Waals surface area contributed by atoms with Crippen molar-refractivity contribution in [2.45, 2.75) is 39.7 Å². The van der Waals surface area contributed by atoms with Crippen molar-refractivity contribution in [2.24, 2.45) is 13.0 Å². The molecule has 0 saturated carbocycles. The SMILES string of the molecule is Cc1cc(C(=O)N2CCC(CCn3c(C)cnc3-c3ccccc3)CC2)n(C)n1. The molecule has 0 spiro atoms. The van der Waals surface area contributed by atoms with Gasteiger partial charge in [0.15, 0.2) is 0 Å². The minimum Gasteiger partial charge on any atom is -0.337 e. The molecule has 1 aromatic carbocycles. The van der Waals surface area contributed by atoms with Crippen LogP contribution >= 0.6 is 0 Å². The maximum Gasteiger partial charge on any atom is 0.272 e. The minimum absolute atomic E-state index is 0.100. The van der Waals surface area contributed by atoms with Crippen molar-refractivity contribution in [1.82, 2.24) is 24.2 Å². The first-order chi connectivity index (χ1) is 14.0. The van der Waals surface area contributed by atoms with E-state index >= 15 is 0 Å². The maximum absolute atomic E-state index is 12.8. The standard InChI is InChI=1S/C23H29N5O/c1-17-15-21(26(3)25-17)23(29)27-12-9-19(10-13-27)11-14-28-18(2)16-24-22(28)20-7-5-4-6-8-20/h4-8,15-16,19H,9-14H2,1-3H3. The summed E-state index contributed by atoms with van der Waals surface area (Å²) in [6, 6.07) is 12.2. The van der Waals surface area contributed by atoms with Crippen LogP contribution in [-0.4, -0.2) is 43.2 Å². The van der Waals surface area contributed by atoms with Crippen molar-refractivity contribution in [3.8, 4) is 11.4 Å². The summed E-state index contributed by atoms with van der Waals surface area (Å²) in [6.07, 6.45) is 5.18. The number of carbonyl (C=O) groups excluding carboxylic acids is 1. The normalized spacial score (nSPS) is 15.1. The first-order valence-electron chi connectivity index (χ1n) is 10.4. The third-order valence-corrected chi connectivity index (χ3v) is 5.97. The Hall–Kier alpha value is -2.89. The molecule has 1 fully saturated rings. The molecule has 1 amide bonds. The quantitative estimate of drug-likeness (QED) is 0.664. The fourth-order valence-corrected chi connectivity index (χ4v) is 4.27. The van der Waals surface area contributed by atoms with Crippen molar-refractivity contribution in [3.63, 3.8) is 0 Å². The van der Waals surface area contributed by atoms with E-state index in [1.807, 2.05) is 37.2 Å². The molecule has 1 aliphatic rings. The number of imidazole rings is 1. The van der Waals surface area contributed by atoms with Crippen LogP contribution in [0.3, 0.4) is 0 Å². The number of rotatable bonds is 5. The zero-order chi connectivity index (χ0) is 20.4. The van der Waals surface area contributed by atoms with E-state index in [0.717, 1.165) is 56.0 Å². The monoisotopic (exact) mass is 391 g/mol. The molecule has 0 unspecified atom stereocenters. The highest BCUT2D eigenvalue weighted by Gasteiger charge is 2.25. The van der Waals surface area contributed by atoms with Crippen LogP contribution in [-0.2, 0) is 13.6 Å². The second-order valence-corrected chi connectivity index (χ2v) is 8.06. The van der Waals surface area contributed by atoms with Crippen LogP contribution in [0.25, 0.3) is 11.4 Å². The smallest absolute Gasteiger partial charge is 0.272 e. The van der Waals surface area contributed by atoms with E-state index < -0.39 is 0 Å². The molecule has 0 radical (unpaired) electrons. The summed E-state index contributed by atoms with van der Waals surface area (Å²) in [4.78, 5) is 19.4. The Balaban J connectivity index is 1.35. The number of benzene rings is 1. The van der Waals surface area contributed by atoms with Gasteiger partial charge in [0.05, 0.1) is 5.69 Å². The predicted octanol–water partition coefficient (Wildman–Crippen LogP) is 3.84. The van der Waals surface area contributed by atoms with E-state index in [2.05, 4.69) is 45.8 Å². The van der Waals surface area contributed by atoms with Crippen molar-refractivity contribution in [2.75, 3.05) is 13.1 Å². The summed E-state index contributed by atoms with van der Waals surface area (Å²) in [6.45, 7) is 6.65. The summed E-state index contributed by atoms with van der Waals surface area (Å²) >= 11 is 0. The van der Waals surface area contributed by atoms with Gasteiger partial charge < -0.3 is 9.47 Å². The molecule has 3 heterocycles. The first-order valence-corrected chi connectivity index (χ1v) is 10.4. The van der Waals surface area contributed by atoms with E-state index in [0.29, 0.717) is 11.6 Å². The minimum atomic E-state index is 0.100. The highest BCUT2D eigenvalue weighted by molar-refractivity contribution is 5.92. The van der Waals surface area contributed by atoms with Crippen LogP contribution in [0.1, 0.15) is 41.1 Å². The highest BCUT2D eigenvalue weighted by Crippen LogP contribution is 2.25. The van der Waals surface area contributed by atoms with E-state index in [-0.39, 0.29) is 5.91 Å². The molecule has 1 saturated heterocycles. The summed E-state index contributed by atoms with van der Waals surface area (Å²) < 4.78 is 4.02. The molecule has 152 valence electrons. The van der Waals surface area contributed by atoms with Crippen LogP contribution in [0.15, 0.2) is 42.6 Å². The van der Waals surface area contributed by atoms with Crippen molar-refractivity contribution < 1.29 is 4.79 Å². The van der Waals surface area contributed by atoms with Crippen molar-refractivity contribution >= 4 is 5.91 Å². The molecule has 29 heavy (non-hydrogen) atoms. The van der Waals surface area contributed by atoms with Crippen molar-refractivity contribution in [1.29, 1.82) is 0 Å². The summed E-state index contributed by atoms with van der Waals surface area (Å²) in [5.41, 5.74) is 3.92. The van der Waals surface area contributed by atoms with Gasteiger partial charge >= 0.3 is 0 Å². The molecule has 3 aromatic rings. The second kappa shape index (κ2) is 8.23. The Morgan fingerprint density at radius 1 is 1.14 bits per heavy atom. The molecule has 4 rings (SSSR count). The number of amides is 1.